The van der Waals surface area contributed by atoms with E-state index in [4.69, 9.17) is 5.11 Å². The van der Waals surface area contributed by atoms with Crippen LogP contribution in [0.1, 0.15) is 36.6 Å². The maximum atomic E-state index is 11.1. The molecule has 0 aliphatic carbocycles. The molecule has 3 heteroatoms. The molecule has 0 aliphatic rings. The Morgan fingerprint density at radius 3 is 2.78 bits per heavy atom. The van der Waals surface area contributed by atoms with Crippen LogP contribution in [0, 0.1) is 6.92 Å². The number of carboxylic acid groups (broad SMARTS) is 1. The summed E-state index contributed by atoms with van der Waals surface area (Å²) in [5, 5.41) is 10.2. The molecule has 0 bridgehead atoms. The summed E-state index contributed by atoms with van der Waals surface area (Å²) in [5.74, 6) is -1.40. The minimum Gasteiger partial charge on any atom is -0.481 e. The van der Waals surface area contributed by atoms with Crippen LogP contribution in [-0.4, -0.2) is 16.1 Å². The van der Waals surface area contributed by atoms with E-state index in [1.54, 1.807) is 6.92 Å². The van der Waals surface area contributed by atoms with Crippen LogP contribution in [0.25, 0.3) is 10.9 Å². The van der Waals surface area contributed by atoms with Gasteiger partial charge in [-0.1, -0.05) is 25.1 Å². The first-order valence-corrected chi connectivity index (χ1v) is 6.16. The first kappa shape index (κ1) is 12.6. The highest BCUT2D eigenvalue weighted by Gasteiger charge is 2.18. The van der Waals surface area contributed by atoms with Crippen molar-refractivity contribution in [1.82, 2.24) is 4.98 Å². The molecule has 1 aromatic carbocycles. The van der Waals surface area contributed by atoms with Crippen LogP contribution < -0.4 is 0 Å². The Balaban J connectivity index is 2.69. The first-order valence-electron chi connectivity index (χ1n) is 6.16. The lowest BCUT2D eigenvalue weighted by Crippen LogP contribution is -2.11. The molecule has 94 valence electrons. The predicted octanol–water partition coefficient (Wildman–Crippen LogP) is 3.29. The van der Waals surface area contributed by atoms with Crippen molar-refractivity contribution in [2.45, 2.75) is 33.1 Å². The second kappa shape index (κ2) is 4.77. The summed E-state index contributed by atoms with van der Waals surface area (Å²) < 4.78 is 0. The summed E-state index contributed by atoms with van der Waals surface area (Å²) >= 11 is 0. The third kappa shape index (κ3) is 2.08. The minimum atomic E-state index is -0.834. The Bertz CT molecular complexity index is 605. The monoisotopic (exact) mass is 243 g/mol. The second-order valence-electron chi connectivity index (χ2n) is 4.59. The highest BCUT2D eigenvalue weighted by atomic mass is 16.4. The Kier molecular flexibility index (Phi) is 3.32. The van der Waals surface area contributed by atoms with Crippen molar-refractivity contribution < 1.29 is 9.90 Å². The summed E-state index contributed by atoms with van der Waals surface area (Å²) in [6.45, 7) is 5.68. The zero-order valence-corrected chi connectivity index (χ0v) is 10.9. The number of carbonyl (C=O) groups is 1. The summed E-state index contributed by atoms with van der Waals surface area (Å²) in [5.41, 5.74) is 3.68. The van der Waals surface area contributed by atoms with Crippen molar-refractivity contribution in [2.24, 2.45) is 0 Å². The largest absolute Gasteiger partial charge is 0.481 e. The Morgan fingerprint density at radius 2 is 2.17 bits per heavy atom. The van der Waals surface area contributed by atoms with Crippen molar-refractivity contribution in [3.63, 3.8) is 0 Å². The summed E-state index contributed by atoms with van der Waals surface area (Å²) in [7, 11) is 0. The fraction of sp³-hybridized carbons (Fsp3) is 0.333. The number of aryl methyl sites for hydroxylation is 2. The van der Waals surface area contributed by atoms with Crippen molar-refractivity contribution in [3.8, 4) is 0 Å². The topological polar surface area (TPSA) is 50.2 Å². The van der Waals surface area contributed by atoms with E-state index in [2.05, 4.69) is 11.9 Å². The highest BCUT2D eigenvalue weighted by molar-refractivity contribution is 5.84. The number of carboxylic acids is 1. The van der Waals surface area contributed by atoms with E-state index in [-0.39, 0.29) is 0 Å². The summed E-state index contributed by atoms with van der Waals surface area (Å²) in [4.78, 5) is 15.7. The predicted molar refractivity (Wildman–Crippen MR) is 71.9 cm³/mol. The van der Waals surface area contributed by atoms with Crippen LogP contribution in [0.5, 0.6) is 0 Å². The number of fused-ring (bicyclic) bond motifs is 1. The molecule has 0 fully saturated rings. The number of hydrogen-bond donors (Lipinski definition) is 1. The number of aliphatic carboxylic acids is 1. The maximum absolute atomic E-state index is 11.1. The zero-order chi connectivity index (χ0) is 13.3. The maximum Gasteiger partial charge on any atom is 0.312 e. The molecule has 3 nitrogen and oxygen atoms in total. The van der Waals surface area contributed by atoms with E-state index >= 15 is 0 Å². The molecule has 2 aromatic rings. The standard InChI is InChI=1S/C15H17NO2/c1-4-11-6-5-7-12-8-9(2)13(16-14(11)12)10(3)15(17)18/h5-8,10H,4H2,1-3H3,(H,17,18). The molecule has 0 radical (unpaired) electrons. The van der Waals surface area contributed by atoms with Crippen LogP contribution in [0.4, 0.5) is 0 Å². The molecule has 18 heavy (non-hydrogen) atoms. The number of aromatic nitrogens is 1. The fourth-order valence-corrected chi connectivity index (χ4v) is 2.22. The van der Waals surface area contributed by atoms with Crippen LogP contribution >= 0.6 is 0 Å². The number of hydrogen-bond acceptors (Lipinski definition) is 2. The lowest BCUT2D eigenvalue weighted by atomic mass is 9.99. The van der Waals surface area contributed by atoms with Gasteiger partial charge >= 0.3 is 5.97 Å². The van der Waals surface area contributed by atoms with Crippen LogP contribution in [0.2, 0.25) is 0 Å². The van der Waals surface area contributed by atoms with Gasteiger partial charge in [0.15, 0.2) is 0 Å². The number of pyridine rings is 1. The molecule has 1 heterocycles. The van der Waals surface area contributed by atoms with Gasteiger partial charge in [0, 0.05) is 5.39 Å². The van der Waals surface area contributed by atoms with E-state index in [0.717, 1.165) is 28.5 Å². The van der Waals surface area contributed by atoms with Crippen molar-refractivity contribution in [1.29, 1.82) is 0 Å². The first-order chi connectivity index (χ1) is 8.54. The molecule has 0 aliphatic heterocycles. The van der Waals surface area contributed by atoms with Crippen molar-refractivity contribution in [3.05, 3.63) is 41.1 Å². The quantitative estimate of drug-likeness (QED) is 0.899. The molecule has 0 amide bonds. The molecule has 1 unspecified atom stereocenters. The molecular weight excluding hydrogens is 226 g/mol. The molecular formula is C15H17NO2. The molecule has 1 aromatic heterocycles. The third-order valence-corrected chi connectivity index (χ3v) is 3.32. The normalized spacial score (nSPS) is 12.6. The van der Waals surface area contributed by atoms with E-state index in [1.807, 2.05) is 31.2 Å². The van der Waals surface area contributed by atoms with Crippen molar-refractivity contribution in [2.75, 3.05) is 0 Å². The summed E-state index contributed by atoms with van der Waals surface area (Å²) in [6, 6.07) is 8.10. The van der Waals surface area contributed by atoms with Gasteiger partial charge in [-0.25, -0.2) is 0 Å². The van der Waals surface area contributed by atoms with Crippen LogP contribution in [-0.2, 0) is 11.2 Å². The second-order valence-corrected chi connectivity index (χ2v) is 4.59. The molecule has 0 saturated heterocycles. The van der Waals surface area contributed by atoms with E-state index < -0.39 is 11.9 Å². The van der Waals surface area contributed by atoms with Crippen LogP contribution in [0.15, 0.2) is 24.3 Å². The van der Waals surface area contributed by atoms with Gasteiger partial charge in [-0.15, -0.1) is 0 Å². The van der Waals surface area contributed by atoms with Gasteiger partial charge < -0.3 is 5.11 Å². The van der Waals surface area contributed by atoms with Crippen molar-refractivity contribution >= 4 is 16.9 Å². The lowest BCUT2D eigenvalue weighted by Gasteiger charge is -2.12. The van der Waals surface area contributed by atoms with Gasteiger partial charge in [-0.05, 0) is 37.5 Å². The molecule has 1 atom stereocenters. The minimum absolute atomic E-state index is 0.570. The van der Waals surface area contributed by atoms with Gasteiger partial charge in [-0.3, -0.25) is 9.78 Å². The highest BCUT2D eigenvalue weighted by Crippen LogP contribution is 2.24. The van der Waals surface area contributed by atoms with Gasteiger partial charge in [-0.2, -0.15) is 0 Å². The number of nitrogens with zero attached hydrogens (tertiary/aromatic N) is 1. The Labute approximate surface area is 106 Å². The van der Waals surface area contributed by atoms with Gasteiger partial charge in [0.2, 0.25) is 0 Å². The van der Waals surface area contributed by atoms with E-state index in [9.17, 15) is 4.79 Å². The average molecular weight is 243 g/mol. The SMILES string of the molecule is CCc1cccc2cc(C)c(C(C)C(=O)O)nc12. The molecule has 2 rings (SSSR count). The molecule has 0 saturated carbocycles. The number of rotatable bonds is 3. The Hall–Kier alpha value is -1.90. The lowest BCUT2D eigenvalue weighted by molar-refractivity contribution is -0.138. The van der Waals surface area contributed by atoms with Gasteiger partial charge in [0.25, 0.3) is 0 Å². The number of benzene rings is 1. The van der Waals surface area contributed by atoms with Gasteiger partial charge in [0.1, 0.15) is 0 Å². The smallest absolute Gasteiger partial charge is 0.312 e. The van der Waals surface area contributed by atoms with E-state index in [1.165, 1.54) is 0 Å². The van der Waals surface area contributed by atoms with Gasteiger partial charge in [0.05, 0.1) is 17.1 Å². The van der Waals surface area contributed by atoms with Crippen LogP contribution in [0.3, 0.4) is 0 Å². The fourth-order valence-electron chi connectivity index (χ4n) is 2.22. The summed E-state index contributed by atoms with van der Waals surface area (Å²) in [6.07, 6.45) is 0.897. The zero-order valence-electron chi connectivity index (χ0n) is 10.9. The Morgan fingerprint density at radius 1 is 1.44 bits per heavy atom. The average Bonchev–Trinajstić information content (AvgIpc) is 2.36. The molecule has 1 N–H and O–H groups in total. The number of para-hydroxylation sites is 1. The molecule has 0 spiro atoms. The van der Waals surface area contributed by atoms with E-state index in [0.29, 0.717) is 5.69 Å². The third-order valence-electron chi connectivity index (χ3n) is 3.32.